The van der Waals surface area contributed by atoms with E-state index in [1.165, 1.54) is 0 Å². The van der Waals surface area contributed by atoms with Crippen LogP contribution >= 0.6 is 0 Å². The minimum atomic E-state index is -0.170. The van der Waals surface area contributed by atoms with Crippen molar-refractivity contribution in [3.8, 4) is 11.5 Å². The van der Waals surface area contributed by atoms with Gasteiger partial charge < -0.3 is 20.1 Å². The minimum Gasteiger partial charge on any atom is -0.493 e. The van der Waals surface area contributed by atoms with Crippen molar-refractivity contribution in [3.63, 3.8) is 0 Å². The van der Waals surface area contributed by atoms with Crippen molar-refractivity contribution >= 4 is 6.03 Å². The van der Waals surface area contributed by atoms with Crippen molar-refractivity contribution in [3.05, 3.63) is 47.9 Å². The Balaban J connectivity index is 2.69. The summed E-state index contributed by atoms with van der Waals surface area (Å²) in [6.07, 6.45) is 7.40. The third-order valence-electron chi connectivity index (χ3n) is 3.95. The van der Waals surface area contributed by atoms with Crippen LogP contribution in [0.2, 0.25) is 0 Å². The van der Waals surface area contributed by atoms with Gasteiger partial charge in [0.2, 0.25) is 0 Å². The molecule has 0 heterocycles. The van der Waals surface area contributed by atoms with E-state index in [4.69, 9.17) is 9.47 Å². The van der Waals surface area contributed by atoms with Crippen molar-refractivity contribution in [2.75, 3.05) is 7.11 Å². The first-order valence-corrected chi connectivity index (χ1v) is 9.29. The first-order valence-electron chi connectivity index (χ1n) is 9.29. The van der Waals surface area contributed by atoms with Crippen LogP contribution < -0.4 is 20.1 Å². The number of urea groups is 1. The van der Waals surface area contributed by atoms with Crippen molar-refractivity contribution in [1.29, 1.82) is 0 Å². The Morgan fingerprint density at radius 2 is 1.85 bits per heavy atom. The second kappa shape index (κ2) is 12.0. The van der Waals surface area contributed by atoms with Crippen molar-refractivity contribution < 1.29 is 14.3 Å². The summed E-state index contributed by atoms with van der Waals surface area (Å²) in [5.41, 5.74) is 0.753. The molecule has 1 rings (SSSR count). The number of carbonyl (C=O) groups excluding carboxylic acids is 1. The van der Waals surface area contributed by atoms with Crippen molar-refractivity contribution in [2.24, 2.45) is 0 Å². The summed E-state index contributed by atoms with van der Waals surface area (Å²) < 4.78 is 11.2. The predicted molar refractivity (Wildman–Crippen MR) is 106 cm³/mol. The molecule has 0 saturated carbocycles. The lowest BCUT2D eigenvalue weighted by Gasteiger charge is -2.16. The molecule has 0 aromatic heterocycles. The maximum absolute atomic E-state index is 12.1. The number of para-hydroxylation sites is 2. The minimum absolute atomic E-state index is 0.170. The molecule has 0 radical (unpaired) electrons. The second-order valence-electron chi connectivity index (χ2n) is 6.08. The monoisotopic (exact) mass is 360 g/mol. The van der Waals surface area contributed by atoms with Crippen LogP contribution in [0.5, 0.6) is 11.5 Å². The van der Waals surface area contributed by atoms with Crippen LogP contribution in [0.15, 0.2) is 47.9 Å². The highest BCUT2D eigenvalue weighted by molar-refractivity contribution is 5.76. The molecule has 1 aromatic rings. The summed E-state index contributed by atoms with van der Waals surface area (Å²) in [4.78, 5) is 12.1. The van der Waals surface area contributed by atoms with Crippen LogP contribution in [0, 0.1) is 0 Å². The molecule has 0 aliphatic heterocycles. The largest absolute Gasteiger partial charge is 0.493 e. The number of rotatable bonds is 10. The zero-order valence-electron chi connectivity index (χ0n) is 16.6. The highest BCUT2D eigenvalue weighted by atomic mass is 16.5. The van der Waals surface area contributed by atoms with E-state index in [1.807, 2.05) is 50.3 Å². The molecule has 0 saturated heterocycles. The van der Waals surface area contributed by atoms with Gasteiger partial charge in [0, 0.05) is 18.2 Å². The van der Waals surface area contributed by atoms with Crippen LogP contribution in [0.25, 0.3) is 0 Å². The summed E-state index contributed by atoms with van der Waals surface area (Å²) in [5.74, 6) is 2.14. The molecule has 1 unspecified atom stereocenters. The number of methoxy groups -OCH3 is 1. The average Bonchev–Trinajstić information content (AvgIpc) is 2.64. The van der Waals surface area contributed by atoms with Crippen LogP contribution in [-0.2, 0) is 0 Å². The standard InChI is InChI=1S/C21H32N2O3/c1-6-11-17(7-2)23-21(24)22-16(4)14-15-18(8-3)26-20-13-10-9-12-19(20)25-5/h9-10,12-15,17H,6-8,11H2,1-5H3,(H2,22,23,24)/b16-14+,18-15+. The molecule has 0 fully saturated rings. The van der Waals surface area contributed by atoms with Crippen LogP contribution in [0.1, 0.15) is 53.4 Å². The number of hydrogen-bond donors (Lipinski definition) is 2. The average molecular weight is 360 g/mol. The molecule has 1 atom stereocenters. The molecule has 0 aliphatic rings. The molecule has 0 spiro atoms. The number of allylic oxidation sites excluding steroid dienone is 4. The van der Waals surface area contributed by atoms with Gasteiger partial charge in [-0.25, -0.2) is 4.79 Å². The number of ether oxygens (including phenoxy) is 2. The Hall–Kier alpha value is -2.43. The van der Waals surface area contributed by atoms with Crippen LogP contribution in [0.4, 0.5) is 4.79 Å². The summed E-state index contributed by atoms with van der Waals surface area (Å²) in [7, 11) is 1.62. The lowest BCUT2D eigenvalue weighted by atomic mass is 10.1. The van der Waals surface area contributed by atoms with Gasteiger partial charge in [-0.15, -0.1) is 0 Å². The zero-order valence-corrected chi connectivity index (χ0v) is 16.6. The van der Waals surface area contributed by atoms with E-state index in [-0.39, 0.29) is 12.1 Å². The maximum atomic E-state index is 12.1. The molecule has 26 heavy (non-hydrogen) atoms. The Morgan fingerprint density at radius 1 is 1.15 bits per heavy atom. The van der Waals surface area contributed by atoms with Crippen molar-refractivity contribution in [1.82, 2.24) is 10.6 Å². The van der Waals surface area contributed by atoms with Gasteiger partial charge in [-0.05, 0) is 44.1 Å². The van der Waals surface area contributed by atoms with E-state index in [1.54, 1.807) is 7.11 Å². The second-order valence-corrected chi connectivity index (χ2v) is 6.08. The molecule has 2 amide bonds. The molecule has 0 bridgehead atoms. The van der Waals surface area contributed by atoms with Gasteiger partial charge in [0.15, 0.2) is 11.5 Å². The quantitative estimate of drug-likeness (QED) is 0.448. The lowest BCUT2D eigenvalue weighted by molar-refractivity contribution is 0.238. The molecule has 5 heteroatoms. The normalized spacial score (nSPS) is 13.1. The number of carbonyl (C=O) groups is 1. The van der Waals surface area contributed by atoms with Gasteiger partial charge in [0.25, 0.3) is 0 Å². The first-order chi connectivity index (χ1) is 12.5. The molecule has 5 nitrogen and oxygen atoms in total. The molecule has 0 aliphatic carbocycles. The fourth-order valence-electron chi connectivity index (χ4n) is 2.46. The zero-order chi connectivity index (χ0) is 19.4. The van der Waals surface area contributed by atoms with E-state index in [9.17, 15) is 4.79 Å². The predicted octanol–water partition coefficient (Wildman–Crippen LogP) is 5.15. The fraction of sp³-hybridized carbons (Fsp3) is 0.476. The molecular formula is C21H32N2O3. The molecule has 144 valence electrons. The topological polar surface area (TPSA) is 59.6 Å². The Labute approximate surface area is 157 Å². The third kappa shape index (κ3) is 7.64. The number of benzene rings is 1. The number of hydrogen-bond acceptors (Lipinski definition) is 3. The van der Waals surface area contributed by atoms with Crippen LogP contribution in [0.3, 0.4) is 0 Å². The maximum Gasteiger partial charge on any atom is 0.319 e. The van der Waals surface area contributed by atoms with Gasteiger partial charge in [-0.1, -0.05) is 39.3 Å². The van der Waals surface area contributed by atoms with E-state index in [0.29, 0.717) is 11.5 Å². The summed E-state index contributed by atoms with van der Waals surface area (Å²) >= 11 is 0. The van der Waals surface area contributed by atoms with E-state index < -0.39 is 0 Å². The van der Waals surface area contributed by atoms with Gasteiger partial charge >= 0.3 is 6.03 Å². The SMILES string of the molecule is CCCC(CC)NC(=O)N/C(C)=C/C=C(\CC)Oc1ccccc1OC. The van der Waals surface area contributed by atoms with Gasteiger partial charge in [0.1, 0.15) is 5.76 Å². The Bertz CT molecular complexity index is 623. The molecule has 2 N–H and O–H groups in total. The molecule has 1 aromatic carbocycles. The summed E-state index contributed by atoms with van der Waals surface area (Å²) in [6.45, 7) is 8.06. The first kappa shape index (κ1) is 21.6. The molecular weight excluding hydrogens is 328 g/mol. The number of amides is 2. The highest BCUT2D eigenvalue weighted by Crippen LogP contribution is 2.28. The van der Waals surface area contributed by atoms with Gasteiger partial charge in [-0.3, -0.25) is 0 Å². The van der Waals surface area contributed by atoms with Gasteiger partial charge in [-0.2, -0.15) is 0 Å². The Kier molecular flexibility index (Phi) is 9.98. The van der Waals surface area contributed by atoms with E-state index >= 15 is 0 Å². The fourth-order valence-corrected chi connectivity index (χ4v) is 2.46. The summed E-state index contributed by atoms with van der Waals surface area (Å²) in [6, 6.07) is 7.56. The van der Waals surface area contributed by atoms with E-state index in [0.717, 1.165) is 37.1 Å². The smallest absolute Gasteiger partial charge is 0.319 e. The lowest BCUT2D eigenvalue weighted by Crippen LogP contribution is -2.41. The summed E-state index contributed by atoms with van der Waals surface area (Å²) in [5, 5.41) is 5.85. The van der Waals surface area contributed by atoms with Crippen LogP contribution in [-0.4, -0.2) is 19.2 Å². The van der Waals surface area contributed by atoms with Gasteiger partial charge in [0.05, 0.1) is 7.11 Å². The number of nitrogens with one attached hydrogen (secondary N) is 2. The Morgan fingerprint density at radius 3 is 2.42 bits per heavy atom. The van der Waals surface area contributed by atoms with Crippen molar-refractivity contribution in [2.45, 2.75) is 59.4 Å². The highest BCUT2D eigenvalue weighted by Gasteiger charge is 2.09. The third-order valence-corrected chi connectivity index (χ3v) is 3.95. The van der Waals surface area contributed by atoms with E-state index in [2.05, 4.69) is 24.5 Å².